The zero-order valence-corrected chi connectivity index (χ0v) is 19.7. The molecule has 1 N–H and O–H groups in total. The van der Waals surface area contributed by atoms with Crippen LogP contribution in [0, 0.1) is 11.3 Å². The third-order valence-electron chi connectivity index (χ3n) is 5.85. The standard InChI is InChI=1S/C27H27N3O2S/c1-3-32-25-12-8-7-11-24(25)29-26(31)18(2)33-27-22(17-28)16-21-15-20(13-14-23(21)30-27)19-9-5-4-6-10-19/h4-12,16,18,20H,3,13-15H2,1-2H3,(H,29,31). The Balaban J connectivity index is 1.48. The van der Waals surface area contributed by atoms with Gasteiger partial charge in [0.15, 0.2) is 0 Å². The van der Waals surface area contributed by atoms with Gasteiger partial charge in [-0.1, -0.05) is 54.2 Å². The number of carbonyl (C=O) groups is 1. The van der Waals surface area contributed by atoms with Crippen LogP contribution in [-0.2, 0) is 17.6 Å². The molecule has 0 bridgehead atoms. The molecule has 2 aromatic carbocycles. The van der Waals surface area contributed by atoms with Gasteiger partial charge in [0.05, 0.1) is 23.1 Å². The first-order valence-corrected chi connectivity index (χ1v) is 12.1. The molecule has 1 aliphatic carbocycles. The minimum absolute atomic E-state index is 0.153. The summed E-state index contributed by atoms with van der Waals surface area (Å²) >= 11 is 1.32. The molecule has 0 saturated heterocycles. The van der Waals surface area contributed by atoms with Gasteiger partial charge in [-0.05, 0) is 68.4 Å². The quantitative estimate of drug-likeness (QED) is 0.458. The number of hydrogen-bond acceptors (Lipinski definition) is 5. The molecule has 5 nitrogen and oxygen atoms in total. The molecule has 0 saturated carbocycles. The van der Waals surface area contributed by atoms with E-state index in [1.807, 2.05) is 50.2 Å². The van der Waals surface area contributed by atoms with E-state index in [-0.39, 0.29) is 5.91 Å². The molecular weight excluding hydrogens is 430 g/mol. The monoisotopic (exact) mass is 457 g/mol. The van der Waals surface area contributed by atoms with Gasteiger partial charge in [0.2, 0.25) is 5.91 Å². The molecule has 0 spiro atoms. The van der Waals surface area contributed by atoms with Crippen LogP contribution >= 0.6 is 11.8 Å². The second-order valence-electron chi connectivity index (χ2n) is 8.09. The van der Waals surface area contributed by atoms with Gasteiger partial charge in [0, 0.05) is 5.69 Å². The summed E-state index contributed by atoms with van der Waals surface area (Å²) in [5, 5.41) is 12.9. The maximum absolute atomic E-state index is 12.9. The highest BCUT2D eigenvalue weighted by atomic mass is 32.2. The minimum Gasteiger partial charge on any atom is -0.492 e. The maximum atomic E-state index is 12.9. The molecule has 168 valence electrons. The summed E-state index contributed by atoms with van der Waals surface area (Å²) in [6.07, 6.45) is 2.79. The van der Waals surface area contributed by atoms with E-state index in [2.05, 4.69) is 35.7 Å². The summed E-state index contributed by atoms with van der Waals surface area (Å²) < 4.78 is 5.60. The summed E-state index contributed by atoms with van der Waals surface area (Å²) in [5.41, 5.74) is 4.68. The number of benzene rings is 2. The number of rotatable bonds is 7. The van der Waals surface area contributed by atoms with E-state index in [1.54, 1.807) is 0 Å². The van der Waals surface area contributed by atoms with Crippen LogP contribution in [0.1, 0.15) is 48.6 Å². The lowest BCUT2D eigenvalue weighted by Crippen LogP contribution is -2.23. The number of thioether (sulfide) groups is 1. The number of hydrogen-bond donors (Lipinski definition) is 1. The van der Waals surface area contributed by atoms with Crippen LogP contribution in [0.25, 0.3) is 0 Å². The Kier molecular flexibility index (Phi) is 7.31. The average Bonchev–Trinajstić information content (AvgIpc) is 2.85. The molecule has 0 radical (unpaired) electrons. The van der Waals surface area contributed by atoms with E-state index in [4.69, 9.17) is 9.72 Å². The number of anilines is 1. The van der Waals surface area contributed by atoms with Crippen LogP contribution in [0.2, 0.25) is 0 Å². The van der Waals surface area contributed by atoms with Gasteiger partial charge in [-0.25, -0.2) is 4.98 Å². The largest absolute Gasteiger partial charge is 0.492 e. The number of nitrogens with one attached hydrogen (secondary N) is 1. The fraction of sp³-hybridized carbons (Fsp3) is 0.296. The van der Waals surface area contributed by atoms with Crippen molar-refractivity contribution >= 4 is 23.4 Å². The van der Waals surface area contributed by atoms with E-state index in [0.717, 1.165) is 30.5 Å². The van der Waals surface area contributed by atoms with Gasteiger partial charge in [0.25, 0.3) is 0 Å². The molecule has 1 aliphatic rings. The summed E-state index contributed by atoms with van der Waals surface area (Å²) in [4.78, 5) is 17.7. The molecule has 1 amide bonds. The number of ether oxygens (including phenoxy) is 1. The molecule has 2 atom stereocenters. The molecule has 33 heavy (non-hydrogen) atoms. The molecule has 1 heterocycles. The summed E-state index contributed by atoms with van der Waals surface area (Å²) in [7, 11) is 0. The van der Waals surface area contributed by atoms with Gasteiger partial charge in [-0.2, -0.15) is 5.26 Å². The first-order valence-electron chi connectivity index (χ1n) is 11.3. The molecule has 2 unspecified atom stereocenters. The normalized spacial score (nSPS) is 15.7. The van der Waals surface area contributed by atoms with Crippen LogP contribution in [-0.4, -0.2) is 22.7 Å². The fourth-order valence-electron chi connectivity index (χ4n) is 4.13. The smallest absolute Gasteiger partial charge is 0.237 e. The van der Waals surface area contributed by atoms with E-state index >= 15 is 0 Å². The number of carbonyl (C=O) groups excluding carboxylic acids is 1. The van der Waals surface area contributed by atoms with Crippen molar-refractivity contribution in [2.75, 3.05) is 11.9 Å². The highest BCUT2D eigenvalue weighted by molar-refractivity contribution is 8.00. The summed E-state index contributed by atoms with van der Waals surface area (Å²) in [6, 6.07) is 22.2. The highest BCUT2D eigenvalue weighted by Gasteiger charge is 2.25. The van der Waals surface area contributed by atoms with Crippen molar-refractivity contribution in [1.29, 1.82) is 5.26 Å². The SMILES string of the molecule is CCOc1ccccc1NC(=O)C(C)Sc1nc2c(cc1C#N)CC(c1ccccc1)CC2. The van der Waals surface area contributed by atoms with E-state index in [9.17, 15) is 10.1 Å². The number of amides is 1. The van der Waals surface area contributed by atoms with Crippen molar-refractivity contribution < 1.29 is 9.53 Å². The van der Waals surface area contributed by atoms with Crippen molar-refractivity contribution in [1.82, 2.24) is 4.98 Å². The second-order valence-corrected chi connectivity index (χ2v) is 9.42. The number of fused-ring (bicyclic) bond motifs is 1. The predicted octanol–water partition coefficient (Wildman–Crippen LogP) is 5.74. The third kappa shape index (κ3) is 5.37. The zero-order chi connectivity index (χ0) is 23.2. The number of nitrogens with zero attached hydrogens (tertiary/aromatic N) is 2. The Bertz CT molecular complexity index is 1170. The predicted molar refractivity (Wildman–Crippen MR) is 132 cm³/mol. The lowest BCUT2D eigenvalue weighted by atomic mass is 9.82. The van der Waals surface area contributed by atoms with Crippen molar-refractivity contribution in [2.45, 2.75) is 49.3 Å². The lowest BCUT2D eigenvalue weighted by Gasteiger charge is -2.25. The topological polar surface area (TPSA) is 75.0 Å². The minimum atomic E-state index is -0.419. The zero-order valence-electron chi connectivity index (χ0n) is 18.9. The van der Waals surface area contributed by atoms with Gasteiger partial charge >= 0.3 is 0 Å². The molecular formula is C27H27N3O2S. The number of aryl methyl sites for hydroxylation is 1. The van der Waals surface area contributed by atoms with E-state index < -0.39 is 5.25 Å². The van der Waals surface area contributed by atoms with Gasteiger partial charge in [-0.3, -0.25) is 4.79 Å². The number of aromatic nitrogens is 1. The van der Waals surface area contributed by atoms with Crippen LogP contribution < -0.4 is 10.1 Å². The Morgan fingerprint density at radius 1 is 1.24 bits per heavy atom. The number of para-hydroxylation sites is 2. The molecule has 4 rings (SSSR count). The van der Waals surface area contributed by atoms with E-state index in [0.29, 0.717) is 34.6 Å². The van der Waals surface area contributed by atoms with Crippen molar-refractivity contribution in [3.63, 3.8) is 0 Å². The molecule has 0 aliphatic heterocycles. The molecule has 6 heteroatoms. The number of pyridine rings is 1. The van der Waals surface area contributed by atoms with Gasteiger partial charge in [-0.15, -0.1) is 0 Å². The van der Waals surface area contributed by atoms with Gasteiger partial charge in [0.1, 0.15) is 16.8 Å². The first kappa shape index (κ1) is 22.9. The third-order valence-corrected chi connectivity index (χ3v) is 6.95. The van der Waals surface area contributed by atoms with Crippen LogP contribution in [0.4, 0.5) is 5.69 Å². The van der Waals surface area contributed by atoms with Crippen molar-refractivity contribution in [2.24, 2.45) is 0 Å². The molecule has 0 fully saturated rings. The van der Waals surface area contributed by atoms with Crippen molar-refractivity contribution in [3.8, 4) is 11.8 Å². The Labute approximate surface area is 199 Å². The first-order chi connectivity index (χ1) is 16.1. The number of nitriles is 1. The molecule has 1 aromatic heterocycles. The average molecular weight is 458 g/mol. The Morgan fingerprint density at radius 2 is 2.00 bits per heavy atom. The maximum Gasteiger partial charge on any atom is 0.237 e. The Morgan fingerprint density at radius 3 is 2.76 bits per heavy atom. The van der Waals surface area contributed by atoms with Crippen molar-refractivity contribution in [3.05, 3.63) is 83.0 Å². The van der Waals surface area contributed by atoms with Crippen LogP contribution in [0.3, 0.4) is 0 Å². The molecule has 3 aromatic rings. The highest BCUT2D eigenvalue weighted by Crippen LogP contribution is 2.35. The van der Waals surface area contributed by atoms with Crippen LogP contribution in [0.15, 0.2) is 65.7 Å². The fourth-order valence-corrected chi connectivity index (χ4v) is 5.03. The van der Waals surface area contributed by atoms with Gasteiger partial charge < -0.3 is 10.1 Å². The Hall–Kier alpha value is -3.30. The van der Waals surface area contributed by atoms with E-state index in [1.165, 1.54) is 17.3 Å². The summed E-state index contributed by atoms with van der Waals surface area (Å²) in [6.45, 7) is 4.26. The second kappa shape index (κ2) is 10.5. The van der Waals surface area contributed by atoms with Crippen LogP contribution in [0.5, 0.6) is 5.75 Å². The lowest BCUT2D eigenvalue weighted by molar-refractivity contribution is -0.115. The summed E-state index contributed by atoms with van der Waals surface area (Å²) in [5.74, 6) is 0.934.